The third kappa shape index (κ3) is 2.41. The van der Waals surface area contributed by atoms with Crippen molar-refractivity contribution in [2.45, 2.75) is 32.1 Å². The topological polar surface area (TPSA) is 9.23 Å². The van der Waals surface area contributed by atoms with Crippen molar-refractivity contribution in [2.24, 2.45) is 29.6 Å². The number of rotatable bonds is 3. The molecule has 0 heterocycles. The van der Waals surface area contributed by atoms with Crippen LogP contribution in [0.3, 0.4) is 0 Å². The summed E-state index contributed by atoms with van der Waals surface area (Å²) in [6, 6.07) is 8.48. The molecular formula is C17H21IO. The van der Waals surface area contributed by atoms with Gasteiger partial charge in [-0.05, 0) is 109 Å². The number of benzene rings is 1. The second kappa shape index (κ2) is 4.94. The lowest BCUT2D eigenvalue weighted by atomic mass is 9.52. The van der Waals surface area contributed by atoms with Crippen LogP contribution >= 0.6 is 22.6 Å². The molecule has 0 atom stereocenters. The van der Waals surface area contributed by atoms with Crippen molar-refractivity contribution < 1.29 is 4.74 Å². The smallest absolute Gasteiger partial charge is 0.119 e. The van der Waals surface area contributed by atoms with Crippen LogP contribution in [0.5, 0.6) is 5.75 Å². The zero-order valence-electron chi connectivity index (χ0n) is 11.2. The molecule has 102 valence electrons. The van der Waals surface area contributed by atoms with E-state index in [2.05, 4.69) is 46.9 Å². The normalized spacial score (nSPS) is 39.5. The number of hydrogen-bond acceptors (Lipinski definition) is 1. The van der Waals surface area contributed by atoms with E-state index < -0.39 is 0 Å². The van der Waals surface area contributed by atoms with Crippen molar-refractivity contribution in [3.05, 3.63) is 27.8 Å². The Morgan fingerprint density at radius 1 is 0.895 bits per heavy atom. The average Bonchev–Trinajstić information content (AvgIpc) is 2.39. The standard InChI is InChI=1S/C17H21IO/c18-15-1-3-16(4-2-15)19-10-17-13-6-11-5-12(8-13)9-14(17)7-11/h1-4,11-14,17H,5-10H2. The van der Waals surface area contributed by atoms with Crippen molar-refractivity contribution in [1.29, 1.82) is 0 Å². The number of hydrogen-bond donors (Lipinski definition) is 0. The van der Waals surface area contributed by atoms with Gasteiger partial charge in [0.25, 0.3) is 0 Å². The lowest BCUT2D eigenvalue weighted by Crippen LogP contribution is -2.47. The van der Waals surface area contributed by atoms with Gasteiger partial charge in [-0.3, -0.25) is 0 Å². The first kappa shape index (κ1) is 12.5. The van der Waals surface area contributed by atoms with E-state index in [1.807, 2.05) is 0 Å². The maximum absolute atomic E-state index is 6.08. The van der Waals surface area contributed by atoms with E-state index in [-0.39, 0.29) is 0 Å². The molecule has 4 bridgehead atoms. The molecule has 0 aromatic heterocycles. The van der Waals surface area contributed by atoms with Gasteiger partial charge in [-0.1, -0.05) is 0 Å². The van der Waals surface area contributed by atoms with Crippen LogP contribution in [0.2, 0.25) is 0 Å². The van der Waals surface area contributed by atoms with E-state index in [0.717, 1.165) is 41.9 Å². The molecule has 19 heavy (non-hydrogen) atoms. The Morgan fingerprint density at radius 2 is 1.47 bits per heavy atom. The molecule has 0 radical (unpaired) electrons. The molecule has 0 unspecified atom stereocenters. The third-order valence-electron chi connectivity index (χ3n) is 5.68. The molecule has 1 aromatic carbocycles. The average molecular weight is 368 g/mol. The van der Waals surface area contributed by atoms with Gasteiger partial charge in [0, 0.05) is 3.57 Å². The highest BCUT2D eigenvalue weighted by atomic mass is 127. The first-order valence-electron chi connectivity index (χ1n) is 7.66. The summed E-state index contributed by atoms with van der Waals surface area (Å²) in [5, 5.41) is 0. The summed E-state index contributed by atoms with van der Waals surface area (Å²) >= 11 is 2.34. The fourth-order valence-electron chi connectivity index (χ4n) is 5.03. The fraction of sp³-hybridized carbons (Fsp3) is 0.647. The Hall–Kier alpha value is -0.250. The number of ether oxygens (including phenoxy) is 1. The van der Waals surface area contributed by atoms with Crippen LogP contribution in [0.4, 0.5) is 0 Å². The molecule has 4 aliphatic rings. The first-order valence-corrected chi connectivity index (χ1v) is 8.74. The summed E-state index contributed by atoms with van der Waals surface area (Å²) in [5.41, 5.74) is 0. The number of halogens is 1. The summed E-state index contributed by atoms with van der Waals surface area (Å²) in [6.45, 7) is 0.954. The quantitative estimate of drug-likeness (QED) is 0.701. The van der Waals surface area contributed by atoms with Crippen molar-refractivity contribution in [3.63, 3.8) is 0 Å². The zero-order chi connectivity index (χ0) is 12.8. The summed E-state index contributed by atoms with van der Waals surface area (Å²) in [7, 11) is 0. The van der Waals surface area contributed by atoms with Crippen LogP contribution in [0.1, 0.15) is 32.1 Å². The molecule has 0 saturated heterocycles. The highest BCUT2D eigenvalue weighted by molar-refractivity contribution is 14.1. The summed E-state index contributed by atoms with van der Waals surface area (Å²) < 4.78 is 7.36. The van der Waals surface area contributed by atoms with Crippen LogP contribution in [0, 0.1) is 33.2 Å². The Kier molecular flexibility index (Phi) is 3.25. The third-order valence-corrected chi connectivity index (χ3v) is 6.40. The predicted octanol–water partition coefficient (Wildman–Crippen LogP) is 4.74. The van der Waals surface area contributed by atoms with Crippen molar-refractivity contribution in [3.8, 4) is 5.75 Å². The Morgan fingerprint density at radius 3 is 2.05 bits per heavy atom. The van der Waals surface area contributed by atoms with Crippen LogP contribution < -0.4 is 4.74 Å². The van der Waals surface area contributed by atoms with Crippen LogP contribution in [-0.4, -0.2) is 6.61 Å². The first-order chi connectivity index (χ1) is 9.28. The van der Waals surface area contributed by atoms with E-state index in [0.29, 0.717) is 0 Å². The second-order valence-electron chi connectivity index (χ2n) is 6.86. The van der Waals surface area contributed by atoms with Gasteiger partial charge in [0.2, 0.25) is 0 Å². The molecule has 0 spiro atoms. The lowest BCUT2D eigenvalue weighted by Gasteiger charge is -2.54. The molecule has 4 saturated carbocycles. The minimum Gasteiger partial charge on any atom is -0.493 e. The maximum atomic E-state index is 6.08. The van der Waals surface area contributed by atoms with E-state index in [4.69, 9.17) is 4.74 Å². The molecule has 4 fully saturated rings. The zero-order valence-corrected chi connectivity index (χ0v) is 13.4. The van der Waals surface area contributed by atoms with E-state index >= 15 is 0 Å². The molecule has 0 amide bonds. The summed E-state index contributed by atoms with van der Waals surface area (Å²) in [5.74, 6) is 5.97. The van der Waals surface area contributed by atoms with Gasteiger partial charge in [-0.25, -0.2) is 0 Å². The molecule has 1 nitrogen and oxygen atoms in total. The van der Waals surface area contributed by atoms with Crippen molar-refractivity contribution in [1.82, 2.24) is 0 Å². The Bertz CT molecular complexity index is 425. The predicted molar refractivity (Wildman–Crippen MR) is 85.2 cm³/mol. The molecule has 4 aliphatic carbocycles. The monoisotopic (exact) mass is 368 g/mol. The Labute approximate surface area is 129 Å². The second-order valence-corrected chi connectivity index (χ2v) is 8.11. The molecule has 5 rings (SSSR count). The minimum atomic E-state index is 0.840. The van der Waals surface area contributed by atoms with Gasteiger partial charge < -0.3 is 4.74 Å². The van der Waals surface area contributed by atoms with Crippen molar-refractivity contribution >= 4 is 22.6 Å². The van der Waals surface area contributed by atoms with Crippen LogP contribution in [0.25, 0.3) is 0 Å². The van der Waals surface area contributed by atoms with Gasteiger partial charge in [0.15, 0.2) is 0 Å². The molecular weight excluding hydrogens is 347 g/mol. The minimum absolute atomic E-state index is 0.840. The van der Waals surface area contributed by atoms with Gasteiger partial charge in [0.1, 0.15) is 5.75 Å². The molecule has 1 aromatic rings. The highest BCUT2D eigenvalue weighted by Gasteiger charge is 2.48. The maximum Gasteiger partial charge on any atom is 0.119 e. The van der Waals surface area contributed by atoms with Gasteiger partial charge in [-0.15, -0.1) is 0 Å². The molecule has 2 heteroatoms. The van der Waals surface area contributed by atoms with Crippen LogP contribution in [-0.2, 0) is 0 Å². The van der Waals surface area contributed by atoms with Crippen LogP contribution in [0.15, 0.2) is 24.3 Å². The van der Waals surface area contributed by atoms with Gasteiger partial charge in [-0.2, -0.15) is 0 Å². The fourth-order valence-corrected chi connectivity index (χ4v) is 5.39. The summed E-state index contributed by atoms with van der Waals surface area (Å²) in [6.07, 6.45) is 7.51. The molecule has 0 aliphatic heterocycles. The van der Waals surface area contributed by atoms with Gasteiger partial charge in [0.05, 0.1) is 6.61 Å². The van der Waals surface area contributed by atoms with E-state index in [1.165, 1.54) is 35.7 Å². The Balaban J connectivity index is 1.42. The largest absolute Gasteiger partial charge is 0.493 e. The summed E-state index contributed by atoms with van der Waals surface area (Å²) in [4.78, 5) is 0. The van der Waals surface area contributed by atoms with Gasteiger partial charge >= 0.3 is 0 Å². The van der Waals surface area contributed by atoms with E-state index in [9.17, 15) is 0 Å². The lowest BCUT2D eigenvalue weighted by molar-refractivity contribution is -0.0529. The van der Waals surface area contributed by atoms with E-state index in [1.54, 1.807) is 0 Å². The van der Waals surface area contributed by atoms with Crippen molar-refractivity contribution in [2.75, 3.05) is 6.61 Å². The molecule has 0 N–H and O–H groups in total. The highest BCUT2D eigenvalue weighted by Crippen LogP contribution is 2.56. The SMILES string of the molecule is Ic1ccc(OCC2C3CC4CC(C3)CC2C4)cc1.